The molecule has 3 nitrogen and oxygen atoms in total. The van der Waals surface area contributed by atoms with E-state index in [1.54, 1.807) is 0 Å². The lowest BCUT2D eigenvalue weighted by atomic mass is 10.3. The molecule has 0 aliphatic carbocycles. The summed E-state index contributed by atoms with van der Waals surface area (Å²) in [6.07, 6.45) is 3.42. The van der Waals surface area contributed by atoms with Crippen LogP contribution in [0.2, 0.25) is 0 Å². The second kappa shape index (κ2) is 8.92. The van der Waals surface area contributed by atoms with E-state index in [1.807, 2.05) is 13.8 Å². The van der Waals surface area contributed by atoms with Gasteiger partial charge in [0.15, 0.2) is 0 Å². The van der Waals surface area contributed by atoms with Crippen LogP contribution in [0.25, 0.3) is 0 Å². The highest BCUT2D eigenvalue weighted by Gasteiger charge is 2.27. The summed E-state index contributed by atoms with van der Waals surface area (Å²) in [4.78, 5) is 16.5. The van der Waals surface area contributed by atoms with E-state index in [0.29, 0.717) is 4.65 Å². The Labute approximate surface area is 103 Å². The van der Waals surface area contributed by atoms with Crippen molar-refractivity contribution in [2.75, 3.05) is 19.6 Å². The second-order valence-corrected chi connectivity index (χ2v) is 3.38. The van der Waals surface area contributed by atoms with Crippen molar-refractivity contribution in [3.8, 4) is 0 Å². The normalized spacial score (nSPS) is 10.3. The van der Waals surface area contributed by atoms with Crippen LogP contribution in [0, 0.1) is 0 Å². The van der Waals surface area contributed by atoms with Gasteiger partial charge < -0.3 is 17.0 Å². The summed E-state index contributed by atoms with van der Waals surface area (Å²) in [6.45, 7) is 12.1. The van der Waals surface area contributed by atoms with Gasteiger partial charge in [-0.2, -0.15) is 0 Å². The first-order valence-corrected chi connectivity index (χ1v) is 5.36. The van der Waals surface area contributed by atoms with Crippen molar-refractivity contribution in [2.45, 2.75) is 33.6 Å². The summed E-state index contributed by atoms with van der Waals surface area (Å²) < 4.78 is 0.415. The predicted molar refractivity (Wildman–Crippen MR) is 57.4 cm³/mol. The largest absolute Gasteiger partial charge is 1.00 e. The lowest BCUT2D eigenvalue weighted by Crippen LogP contribution is -3.00. The summed E-state index contributed by atoms with van der Waals surface area (Å²) in [5.41, 5.74) is 0. The van der Waals surface area contributed by atoms with Crippen LogP contribution in [0.4, 0.5) is 0 Å². The summed E-state index contributed by atoms with van der Waals surface area (Å²) in [5.74, 6) is -0.329. The number of hydrogen-bond donors (Lipinski definition) is 0. The van der Waals surface area contributed by atoms with E-state index in [0.717, 1.165) is 32.5 Å². The van der Waals surface area contributed by atoms with Crippen LogP contribution in [0.1, 0.15) is 33.6 Å². The highest BCUT2D eigenvalue weighted by Crippen LogP contribution is 2.10. The lowest BCUT2D eigenvalue weighted by Gasteiger charge is -2.32. The van der Waals surface area contributed by atoms with Gasteiger partial charge in [0.05, 0.1) is 0 Å². The number of nitrogens with zero attached hydrogens (tertiary/aromatic N) is 1. The highest BCUT2D eigenvalue weighted by molar-refractivity contribution is 5.80. The van der Waals surface area contributed by atoms with E-state index in [2.05, 4.69) is 13.5 Å². The molecule has 0 saturated carbocycles. The number of quaternary nitrogens is 1. The van der Waals surface area contributed by atoms with Gasteiger partial charge in [0.1, 0.15) is 19.6 Å². The monoisotopic (exact) mass is 279 g/mol. The summed E-state index contributed by atoms with van der Waals surface area (Å²) >= 11 is 0. The Morgan fingerprint density at radius 2 is 1.87 bits per heavy atom. The third-order valence-corrected chi connectivity index (χ3v) is 2.52. The molecule has 4 heteroatoms. The predicted octanol–water partition coefficient (Wildman–Crippen LogP) is -0.709. The van der Waals surface area contributed by atoms with E-state index >= 15 is 0 Å². The van der Waals surface area contributed by atoms with Gasteiger partial charge in [-0.15, -0.1) is 4.65 Å². The van der Waals surface area contributed by atoms with Crippen LogP contribution in [-0.2, 0) is 9.63 Å². The average molecular weight is 280 g/mol. The van der Waals surface area contributed by atoms with Gasteiger partial charge in [-0.3, -0.25) is 4.84 Å². The average Bonchev–Trinajstić information content (AvgIpc) is 2.24. The van der Waals surface area contributed by atoms with Crippen molar-refractivity contribution in [1.29, 1.82) is 0 Å². The van der Waals surface area contributed by atoms with E-state index in [1.165, 1.54) is 6.08 Å². The van der Waals surface area contributed by atoms with Crippen molar-refractivity contribution in [2.24, 2.45) is 0 Å². The minimum absolute atomic E-state index is 0. The van der Waals surface area contributed by atoms with Gasteiger partial charge in [0.25, 0.3) is 0 Å². The molecular formula is C11H22BrNO2. The van der Waals surface area contributed by atoms with Crippen LogP contribution in [0.3, 0.4) is 0 Å². The Morgan fingerprint density at radius 3 is 2.20 bits per heavy atom. The molecule has 0 unspecified atom stereocenters. The summed E-state index contributed by atoms with van der Waals surface area (Å²) in [7, 11) is 0. The molecule has 0 rings (SSSR count). The SMILES string of the molecule is C=CC(=O)O[N+](CC)(CC)CCCC.[Br-]. The van der Waals surface area contributed by atoms with Crippen molar-refractivity contribution < 1.29 is 31.3 Å². The number of hydroxylamine groups is 3. The number of hydrogen-bond acceptors (Lipinski definition) is 2. The van der Waals surface area contributed by atoms with Gasteiger partial charge in [-0.1, -0.05) is 19.9 Å². The van der Waals surface area contributed by atoms with Crippen LogP contribution in [0.5, 0.6) is 0 Å². The van der Waals surface area contributed by atoms with Crippen molar-refractivity contribution in [1.82, 2.24) is 0 Å². The molecule has 0 aliphatic rings. The smallest absolute Gasteiger partial charge is 0.389 e. The third-order valence-electron chi connectivity index (χ3n) is 2.52. The van der Waals surface area contributed by atoms with Crippen molar-refractivity contribution >= 4 is 5.97 Å². The maximum atomic E-state index is 11.2. The molecule has 0 amide bonds. The Balaban J connectivity index is 0. The fourth-order valence-corrected chi connectivity index (χ4v) is 1.39. The standard InChI is InChI=1S/C11H22NO2.BrH/c1-5-9-10-12(7-3,8-4)14-11(13)6-2;/h6H,2,5,7-10H2,1,3-4H3;1H/q+1;/p-1. The Morgan fingerprint density at radius 1 is 1.33 bits per heavy atom. The molecule has 0 radical (unpaired) electrons. The van der Waals surface area contributed by atoms with Crippen LogP contribution in [-0.4, -0.2) is 30.2 Å². The van der Waals surface area contributed by atoms with Gasteiger partial charge >= 0.3 is 5.97 Å². The Bertz CT molecular complexity index is 191. The molecule has 0 aromatic rings. The fourth-order valence-electron chi connectivity index (χ4n) is 1.39. The van der Waals surface area contributed by atoms with Crippen LogP contribution in [0.15, 0.2) is 12.7 Å². The fraction of sp³-hybridized carbons (Fsp3) is 0.727. The molecule has 0 fully saturated rings. The van der Waals surface area contributed by atoms with Crippen molar-refractivity contribution in [3.63, 3.8) is 0 Å². The number of halogens is 1. The molecule has 0 heterocycles. The zero-order valence-corrected chi connectivity index (χ0v) is 11.5. The number of rotatable bonds is 7. The van der Waals surface area contributed by atoms with Gasteiger partial charge in [0.2, 0.25) is 0 Å². The van der Waals surface area contributed by atoms with Gasteiger partial charge in [-0.05, 0) is 20.3 Å². The van der Waals surface area contributed by atoms with E-state index in [9.17, 15) is 4.79 Å². The topological polar surface area (TPSA) is 26.3 Å². The molecule has 0 spiro atoms. The minimum Gasteiger partial charge on any atom is -1.00 e. The maximum absolute atomic E-state index is 11.2. The van der Waals surface area contributed by atoms with Crippen LogP contribution < -0.4 is 17.0 Å². The molecule has 90 valence electrons. The second-order valence-electron chi connectivity index (χ2n) is 3.38. The molecule has 0 aromatic heterocycles. The Hall–Kier alpha value is -0.350. The highest BCUT2D eigenvalue weighted by atomic mass is 79.9. The zero-order chi connectivity index (χ0) is 11.0. The summed E-state index contributed by atoms with van der Waals surface area (Å²) in [5, 5.41) is 0. The van der Waals surface area contributed by atoms with E-state index < -0.39 is 0 Å². The first kappa shape index (κ1) is 17.1. The molecular weight excluding hydrogens is 258 g/mol. The summed E-state index contributed by atoms with van der Waals surface area (Å²) in [6, 6.07) is 0. The quantitative estimate of drug-likeness (QED) is 0.350. The third kappa shape index (κ3) is 5.95. The zero-order valence-electron chi connectivity index (χ0n) is 9.96. The molecule has 15 heavy (non-hydrogen) atoms. The molecule has 0 saturated heterocycles. The number of unbranched alkanes of at least 4 members (excludes halogenated alkanes) is 1. The molecule has 0 aliphatic heterocycles. The molecule has 0 bridgehead atoms. The van der Waals surface area contributed by atoms with Crippen molar-refractivity contribution in [3.05, 3.63) is 12.7 Å². The van der Waals surface area contributed by atoms with Gasteiger partial charge in [-0.25, -0.2) is 4.79 Å². The van der Waals surface area contributed by atoms with E-state index in [4.69, 9.17) is 4.84 Å². The Kier molecular flexibility index (Phi) is 10.1. The minimum atomic E-state index is -0.329. The lowest BCUT2D eigenvalue weighted by molar-refractivity contribution is -1.09. The molecule has 0 N–H and O–H groups in total. The number of carbonyl (C=O) groups excluding carboxylic acids is 1. The maximum Gasteiger partial charge on any atom is 0.389 e. The number of carbonyl (C=O) groups is 1. The van der Waals surface area contributed by atoms with Crippen LogP contribution >= 0.6 is 0 Å². The van der Waals surface area contributed by atoms with Gasteiger partial charge in [0, 0.05) is 6.08 Å². The molecule has 0 aromatic carbocycles. The van der Waals surface area contributed by atoms with E-state index in [-0.39, 0.29) is 23.0 Å². The molecule has 0 atom stereocenters. The first-order chi connectivity index (χ1) is 6.64. The first-order valence-electron chi connectivity index (χ1n) is 5.36.